The van der Waals surface area contributed by atoms with Crippen LogP contribution in [0.2, 0.25) is 0 Å². The van der Waals surface area contributed by atoms with Crippen LogP contribution in [0, 0.1) is 11.2 Å². The summed E-state index contributed by atoms with van der Waals surface area (Å²) in [5.74, 6) is -0.922. The summed E-state index contributed by atoms with van der Waals surface area (Å²) in [6.07, 6.45) is 1.85. The lowest BCUT2D eigenvalue weighted by Crippen LogP contribution is -2.45. The summed E-state index contributed by atoms with van der Waals surface area (Å²) in [6.45, 7) is 2.00. The fourth-order valence-electron chi connectivity index (χ4n) is 3.59. The van der Waals surface area contributed by atoms with Crippen LogP contribution in [0.3, 0.4) is 0 Å². The number of anilines is 2. The smallest absolute Gasteiger partial charge is 0.242 e. The molecule has 1 aliphatic heterocycles. The van der Waals surface area contributed by atoms with Crippen LogP contribution in [0.25, 0.3) is 0 Å². The van der Waals surface area contributed by atoms with E-state index in [4.69, 9.17) is 0 Å². The average molecular weight is 338 g/mol. The lowest BCUT2D eigenvalue weighted by atomic mass is 10.0. The van der Waals surface area contributed by atoms with Crippen LogP contribution in [-0.2, 0) is 16.0 Å². The first-order valence-corrected chi connectivity index (χ1v) is 8.50. The van der Waals surface area contributed by atoms with Gasteiger partial charge >= 0.3 is 0 Å². The summed E-state index contributed by atoms with van der Waals surface area (Å²) in [5, 5.41) is 2.70. The molecule has 1 aliphatic carbocycles. The van der Waals surface area contributed by atoms with Crippen molar-refractivity contribution < 1.29 is 14.0 Å². The normalized spacial score (nSPS) is 20.1. The number of carbonyl (C=O) groups excluding carboxylic acids is 2. The molecule has 5 heteroatoms. The Labute approximate surface area is 145 Å². The highest BCUT2D eigenvalue weighted by Gasteiger charge is 2.59. The number of fused-ring (bicyclic) bond motifs is 1. The summed E-state index contributed by atoms with van der Waals surface area (Å²) >= 11 is 0. The van der Waals surface area contributed by atoms with Crippen molar-refractivity contribution in [2.24, 2.45) is 5.41 Å². The quantitative estimate of drug-likeness (QED) is 0.871. The molecule has 128 valence electrons. The highest BCUT2D eigenvalue weighted by Crippen LogP contribution is 2.50. The van der Waals surface area contributed by atoms with Gasteiger partial charge in [0.05, 0.1) is 0 Å². The van der Waals surface area contributed by atoms with Gasteiger partial charge in [-0.25, -0.2) is 4.39 Å². The summed E-state index contributed by atoms with van der Waals surface area (Å²) < 4.78 is 13.3. The van der Waals surface area contributed by atoms with Crippen molar-refractivity contribution >= 4 is 23.2 Å². The molecule has 1 atom stereocenters. The Hall–Kier alpha value is -2.69. The van der Waals surface area contributed by atoms with Gasteiger partial charge in [-0.3, -0.25) is 9.59 Å². The second-order valence-electron chi connectivity index (χ2n) is 6.90. The Morgan fingerprint density at radius 3 is 2.64 bits per heavy atom. The van der Waals surface area contributed by atoms with Gasteiger partial charge in [-0.05, 0) is 56.0 Å². The molecule has 2 aliphatic rings. The van der Waals surface area contributed by atoms with Gasteiger partial charge in [0.1, 0.15) is 11.2 Å². The van der Waals surface area contributed by atoms with Crippen molar-refractivity contribution in [3.05, 3.63) is 59.9 Å². The first-order valence-electron chi connectivity index (χ1n) is 8.50. The van der Waals surface area contributed by atoms with Gasteiger partial charge in [0.15, 0.2) is 0 Å². The Balaban J connectivity index is 1.58. The van der Waals surface area contributed by atoms with Gasteiger partial charge in [0, 0.05) is 17.4 Å². The lowest BCUT2D eigenvalue weighted by Gasteiger charge is -2.27. The number of halogens is 1. The molecule has 0 aromatic heterocycles. The average Bonchev–Trinajstić information content (AvgIpc) is 3.32. The molecule has 1 N–H and O–H groups in total. The zero-order valence-corrected chi connectivity index (χ0v) is 14.0. The number of hydrogen-bond donors (Lipinski definition) is 1. The van der Waals surface area contributed by atoms with Crippen molar-refractivity contribution in [2.75, 3.05) is 10.2 Å². The molecule has 4 nitrogen and oxygen atoms in total. The molecule has 4 rings (SSSR count). The first kappa shape index (κ1) is 15.8. The number of para-hydroxylation sites is 1. The van der Waals surface area contributed by atoms with Crippen molar-refractivity contribution in [1.29, 1.82) is 0 Å². The minimum absolute atomic E-state index is 0.0318. The number of carbonyl (C=O) groups is 2. The second-order valence-corrected chi connectivity index (χ2v) is 6.90. The van der Waals surface area contributed by atoms with Crippen molar-refractivity contribution in [3.8, 4) is 0 Å². The highest BCUT2D eigenvalue weighted by molar-refractivity contribution is 6.18. The maximum absolute atomic E-state index is 13.3. The van der Waals surface area contributed by atoms with E-state index in [1.165, 1.54) is 18.2 Å². The van der Waals surface area contributed by atoms with Gasteiger partial charge in [0.25, 0.3) is 0 Å². The highest BCUT2D eigenvalue weighted by atomic mass is 19.1. The van der Waals surface area contributed by atoms with Crippen LogP contribution in [0.15, 0.2) is 48.5 Å². The third-order valence-corrected chi connectivity index (χ3v) is 5.10. The molecule has 25 heavy (non-hydrogen) atoms. The summed E-state index contributed by atoms with van der Waals surface area (Å²) in [5.41, 5.74) is 1.37. The first-order chi connectivity index (χ1) is 12.0. The zero-order chi connectivity index (χ0) is 17.6. The predicted octanol–water partition coefficient (Wildman–Crippen LogP) is 3.52. The van der Waals surface area contributed by atoms with E-state index in [9.17, 15) is 14.0 Å². The van der Waals surface area contributed by atoms with E-state index in [-0.39, 0.29) is 17.9 Å². The van der Waals surface area contributed by atoms with E-state index in [1.54, 1.807) is 11.0 Å². The third kappa shape index (κ3) is 2.60. The fraction of sp³-hybridized carbons (Fsp3) is 0.300. The van der Waals surface area contributed by atoms with E-state index in [1.807, 2.05) is 31.2 Å². The topological polar surface area (TPSA) is 49.4 Å². The van der Waals surface area contributed by atoms with Gasteiger partial charge in [-0.1, -0.05) is 24.3 Å². The maximum Gasteiger partial charge on any atom is 0.242 e. The van der Waals surface area contributed by atoms with Crippen molar-refractivity contribution in [2.45, 2.75) is 32.2 Å². The third-order valence-electron chi connectivity index (χ3n) is 5.10. The molecule has 0 bridgehead atoms. The number of benzene rings is 2. The molecule has 2 aromatic rings. The molecule has 2 amide bonds. The number of nitrogens with one attached hydrogen (secondary N) is 1. The Morgan fingerprint density at radius 1 is 1.16 bits per heavy atom. The van der Waals surface area contributed by atoms with Gasteiger partial charge in [-0.2, -0.15) is 0 Å². The largest absolute Gasteiger partial charge is 0.325 e. The molecular weight excluding hydrogens is 319 g/mol. The van der Waals surface area contributed by atoms with Crippen LogP contribution >= 0.6 is 0 Å². The predicted molar refractivity (Wildman–Crippen MR) is 93.8 cm³/mol. The van der Waals surface area contributed by atoms with Gasteiger partial charge in [0.2, 0.25) is 11.8 Å². The minimum atomic E-state index is -1.03. The molecule has 1 saturated carbocycles. The van der Waals surface area contributed by atoms with E-state index in [0.717, 1.165) is 17.7 Å². The Kier molecular flexibility index (Phi) is 3.60. The van der Waals surface area contributed by atoms with Gasteiger partial charge in [-0.15, -0.1) is 0 Å². The monoisotopic (exact) mass is 338 g/mol. The minimum Gasteiger partial charge on any atom is -0.325 e. The molecule has 0 radical (unpaired) electrons. The summed E-state index contributed by atoms with van der Waals surface area (Å²) in [7, 11) is 0. The van der Waals surface area contributed by atoms with Crippen molar-refractivity contribution in [1.82, 2.24) is 0 Å². The van der Waals surface area contributed by atoms with Gasteiger partial charge < -0.3 is 10.2 Å². The molecule has 1 unspecified atom stereocenters. The number of amides is 2. The number of nitrogens with zero attached hydrogens (tertiary/aromatic N) is 1. The van der Waals surface area contributed by atoms with Crippen LogP contribution in [-0.4, -0.2) is 17.9 Å². The summed E-state index contributed by atoms with van der Waals surface area (Å²) in [4.78, 5) is 27.7. The standard InChI is InChI=1S/C20H19FN2O2/c1-13-11-14-5-2-3-8-17(14)23(13)19(25)20(9-10-20)18(24)22-16-7-4-6-15(21)12-16/h2-8,12-13H,9-11H2,1H3,(H,22,24). The van der Waals surface area contributed by atoms with Crippen LogP contribution < -0.4 is 10.2 Å². The number of rotatable bonds is 3. The molecule has 0 saturated heterocycles. The molecule has 1 fully saturated rings. The van der Waals surface area contributed by atoms with Crippen molar-refractivity contribution in [3.63, 3.8) is 0 Å². The fourth-order valence-corrected chi connectivity index (χ4v) is 3.59. The second kappa shape index (κ2) is 5.69. The molecule has 1 heterocycles. The lowest BCUT2D eigenvalue weighted by molar-refractivity contribution is -0.132. The van der Waals surface area contributed by atoms with Crippen LogP contribution in [0.4, 0.5) is 15.8 Å². The van der Waals surface area contributed by atoms with Crippen LogP contribution in [0.5, 0.6) is 0 Å². The summed E-state index contributed by atoms with van der Waals surface area (Å²) in [6, 6.07) is 13.6. The maximum atomic E-state index is 13.3. The van der Waals surface area contributed by atoms with Crippen LogP contribution in [0.1, 0.15) is 25.3 Å². The molecule has 0 spiro atoms. The van der Waals surface area contributed by atoms with E-state index in [0.29, 0.717) is 18.5 Å². The van der Waals surface area contributed by atoms with E-state index in [2.05, 4.69) is 5.32 Å². The van der Waals surface area contributed by atoms with E-state index >= 15 is 0 Å². The van der Waals surface area contributed by atoms with E-state index < -0.39 is 11.2 Å². The molecular formula is C20H19FN2O2. The molecule has 2 aromatic carbocycles. The zero-order valence-electron chi connectivity index (χ0n) is 14.0. The Bertz CT molecular complexity index is 860. The Morgan fingerprint density at radius 2 is 1.92 bits per heavy atom. The SMILES string of the molecule is CC1Cc2ccccc2N1C(=O)C1(C(=O)Nc2cccc(F)c2)CC1. The number of hydrogen-bond acceptors (Lipinski definition) is 2.